The van der Waals surface area contributed by atoms with Crippen LogP contribution in [-0.2, 0) is 0 Å². The predicted octanol–water partition coefficient (Wildman–Crippen LogP) is 6.29. The molecule has 0 aromatic heterocycles. The van der Waals surface area contributed by atoms with Crippen LogP contribution in [0.1, 0.15) is 83.1 Å². The van der Waals surface area contributed by atoms with Gasteiger partial charge in [0.2, 0.25) is 0 Å². The Kier molecular flexibility index (Phi) is 7.83. The highest BCUT2D eigenvalue weighted by Crippen LogP contribution is 2.22. The minimum Gasteiger partial charge on any atom is -0.399 e. The molecule has 6 heteroatoms. The topological polar surface area (TPSA) is 48.8 Å². The largest absolute Gasteiger partial charge is 0.399 e. The average molecular weight is 519 g/mol. The molecule has 3 aromatic carbocycles. The molecule has 0 radical (unpaired) electrons. The van der Waals surface area contributed by atoms with Gasteiger partial charge >= 0.3 is 0 Å². The van der Waals surface area contributed by atoms with Crippen molar-refractivity contribution in [3.63, 3.8) is 0 Å². The van der Waals surface area contributed by atoms with E-state index in [1.807, 2.05) is 0 Å². The lowest BCUT2D eigenvalue weighted by atomic mass is 10.0. The zero-order valence-electron chi connectivity index (χ0n) is 24.5. The Morgan fingerprint density at radius 3 is 0.917 bits per heavy atom. The molecule has 36 heavy (non-hydrogen) atoms. The van der Waals surface area contributed by atoms with E-state index < -0.39 is 17.5 Å². The Labute approximate surface area is 222 Å². The Bertz CT molecular complexity index is 1150. The van der Waals surface area contributed by atoms with Crippen molar-refractivity contribution in [3.05, 3.63) is 48.5 Å². The summed E-state index contributed by atoms with van der Waals surface area (Å²) in [6, 6.07) is 17.8. The molecule has 0 aliphatic heterocycles. The van der Waals surface area contributed by atoms with Gasteiger partial charge in [-0.25, -0.2) is 0 Å². The van der Waals surface area contributed by atoms with Crippen LogP contribution in [0.5, 0.6) is 0 Å². The van der Waals surface area contributed by atoms with Crippen LogP contribution in [-0.4, -0.2) is 39.7 Å². The summed E-state index contributed by atoms with van der Waals surface area (Å²) in [5, 5.41) is 7.90. The maximum absolute atomic E-state index is 5.42. The molecule has 0 bridgehead atoms. The van der Waals surface area contributed by atoms with E-state index in [0.29, 0.717) is 0 Å². The molecule has 194 valence electrons. The molecular formula is C30H46N4Si2. The van der Waals surface area contributed by atoms with E-state index in [1.165, 1.54) is 31.9 Å². The van der Waals surface area contributed by atoms with Crippen molar-refractivity contribution in [1.82, 2.24) is 9.96 Å². The number of nitrogens with zero attached hydrogens (tertiary/aromatic N) is 2. The number of hydrogen-bond donors (Lipinski definition) is 2. The van der Waals surface area contributed by atoms with Gasteiger partial charge in [-0.15, -0.1) is 0 Å². The molecule has 0 saturated carbocycles. The van der Waals surface area contributed by atoms with Crippen LogP contribution in [0.2, 0.25) is 0 Å². The van der Waals surface area contributed by atoms with E-state index in [9.17, 15) is 0 Å². The molecule has 0 atom stereocenters. The first-order valence-electron chi connectivity index (χ1n) is 13.0. The smallest absolute Gasteiger partial charge is 0.274 e. The SMILES string of the molecule is CC(C)(C)N=[Si](NC(C)(C)C)c1c2ccccc2c([Si](=NC(C)(C)C)NC(C)(C)C)c2ccccc12. The predicted molar refractivity (Wildman–Crippen MR) is 162 cm³/mol. The van der Waals surface area contributed by atoms with Gasteiger partial charge in [0.25, 0.3) is 17.5 Å². The van der Waals surface area contributed by atoms with Crippen LogP contribution in [0.4, 0.5) is 0 Å². The first kappa shape index (κ1) is 28.4. The van der Waals surface area contributed by atoms with Crippen molar-refractivity contribution in [2.24, 2.45) is 9.27 Å². The van der Waals surface area contributed by atoms with Crippen molar-refractivity contribution in [1.29, 1.82) is 0 Å². The second kappa shape index (κ2) is 9.94. The van der Waals surface area contributed by atoms with Crippen molar-refractivity contribution >= 4 is 49.4 Å². The molecule has 3 rings (SSSR count). The van der Waals surface area contributed by atoms with Gasteiger partial charge in [-0.2, -0.15) is 0 Å². The van der Waals surface area contributed by atoms with E-state index in [0.717, 1.165) is 0 Å². The fourth-order valence-corrected chi connectivity index (χ4v) is 9.55. The van der Waals surface area contributed by atoms with E-state index >= 15 is 0 Å². The highest BCUT2D eigenvalue weighted by atomic mass is 28.3. The molecule has 0 amide bonds. The van der Waals surface area contributed by atoms with E-state index in [1.54, 1.807) is 0 Å². The van der Waals surface area contributed by atoms with Crippen molar-refractivity contribution in [2.75, 3.05) is 0 Å². The first-order chi connectivity index (χ1) is 16.3. The number of fused-ring (bicyclic) bond motifs is 2. The summed E-state index contributed by atoms with van der Waals surface area (Å²) in [5.41, 5.74) is -0.377. The summed E-state index contributed by atoms with van der Waals surface area (Å²) >= 11 is 0. The van der Waals surface area contributed by atoms with Crippen LogP contribution in [0.15, 0.2) is 57.8 Å². The number of hydrogen-bond acceptors (Lipinski definition) is 2. The van der Waals surface area contributed by atoms with Gasteiger partial charge in [0.05, 0.1) is 0 Å². The van der Waals surface area contributed by atoms with Gasteiger partial charge in [0.15, 0.2) is 0 Å². The van der Waals surface area contributed by atoms with Crippen molar-refractivity contribution in [2.45, 2.75) is 105 Å². The number of rotatable bonds is 4. The van der Waals surface area contributed by atoms with E-state index in [2.05, 4.69) is 142 Å². The highest BCUT2D eigenvalue weighted by molar-refractivity contribution is 6.72. The normalized spacial score (nSPS) is 14.4. The minimum atomic E-state index is -1.46. The molecular weight excluding hydrogens is 473 g/mol. The summed E-state index contributed by atoms with van der Waals surface area (Å²) in [6.07, 6.45) is 0. The maximum Gasteiger partial charge on any atom is 0.274 e. The second-order valence-corrected chi connectivity index (χ2v) is 17.2. The van der Waals surface area contributed by atoms with Crippen LogP contribution in [0, 0.1) is 0 Å². The number of benzene rings is 3. The van der Waals surface area contributed by atoms with Crippen LogP contribution in [0.25, 0.3) is 21.5 Å². The van der Waals surface area contributed by atoms with Gasteiger partial charge in [0.1, 0.15) is 0 Å². The Morgan fingerprint density at radius 2 is 0.722 bits per heavy atom. The molecule has 0 unspecified atom stereocenters. The fraction of sp³-hybridized carbons (Fsp3) is 0.533. The zero-order valence-corrected chi connectivity index (χ0v) is 26.5. The summed E-state index contributed by atoms with van der Waals surface area (Å²) in [7, 11) is -2.93. The minimum absolute atomic E-state index is 0.0474. The second-order valence-electron chi connectivity index (χ2n) is 13.9. The Morgan fingerprint density at radius 1 is 0.472 bits per heavy atom. The monoisotopic (exact) mass is 518 g/mol. The molecule has 4 nitrogen and oxygen atoms in total. The van der Waals surface area contributed by atoms with Crippen molar-refractivity contribution < 1.29 is 0 Å². The summed E-state index contributed by atoms with van der Waals surface area (Å²) < 4.78 is 10.8. The maximum atomic E-state index is 5.42. The van der Waals surface area contributed by atoms with Gasteiger partial charge in [0, 0.05) is 32.5 Å². The van der Waals surface area contributed by atoms with Crippen LogP contribution >= 0.6 is 0 Å². The third-order valence-electron chi connectivity index (χ3n) is 5.29. The Hall–Kier alpha value is -2.19. The van der Waals surface area contributed by atoms with Gasteiger partial charge in [-0.1, -0.05) is 48.5 Å². The van der Waals surface area contributed by atoms with Gasteiger partial charge in [-0.05, 0) is 105 Å². The third-order valence-corrected chi connectivity index (χ3v) is 11.1. The standard InChI is InChI=1S/C30H46N4Si2/c1-27(2,3)31-35(32-28(4,5)6)25-21-17-13-15-19-23(21)26(24-20-16-14-18-22(24)25)36(33-29(7,8)9)34-30(10,11)12/h13-20,31,33H,1-12H3. The molecule has 0 saturated heterocycles. The highest BCUT2D eigenvalue weighted by Gasteiger charge is 2.27. The van der Waals surface area contributed by atoms with Gasteiger partial charge < -0.3 is 19.2 Å². The quantitative estimate of drug-likeness (QED) is 0.315. The van der Waals surface area contributed by atoms with Gasteiger partial charge in [-0.3, -0.25) is 0 Å². The number of nitrogens with one attached hydrogen (secondary N) is 2. The van der Waals surface area contributed by atoms with Crippen LogP contribution < -0.4 is 20.3 Å². The molecule has 0 aliphatic rings. The molecule has 3 aromatic rings. The molecule has 0 fully saturated rings. The van der Waals surface area contributed by atoms with E-state index in [4.69, 9.17) is 9.27 Å². The summed E-state index contributed by atoms with van der Waals surface area (Å²) in [6.45, 7) is 26.7. The molecule has 0 aliphatic carbocycles. The molecule has 2 N–H and O–H groups in total. The van der Waals surface area contributed by atoms with Crippen LogP contribution in [0.3, 0.4) is 0 Å². The molecule has 0 spiro atoms. The zero-order chi connectivity index (χ0) is 27.1. The summed E-state index contributed by atoms with van der Waals surface area (Å²) in [4.78, 5) is 7.89. The summed E-state index contributed by atoms with van der Waals surface area (Å²) in [5.74, 6) is 0. The van der Waals surface area contributed by atoms with E-state index in [-0.39, 0.29) is 22.2 Å². The lowest BCUT2D eigenvalue weighted by molar-refractivity contribution is 0.514. The first-order valence-corrected chi connectivity index (χ1v) is 15.9. The average Bonchev–Trinajstić information content (AvgIpc) is 2.66. The molecule has 0 heterocycles. The third kappa shape index (κ3) is 7.42. The fourth-order valence-electron chi connectivity index (χ4n) is 4.31. The Balaban J connectivity index is 2.55. The lowest BCUT2D eigenvalue weighted by Crippen LogP contribution is -2.52. The lowest BCUT2D eigenvalue weighted by Gasteiger charge is -2.29. The van der Waals surface area contributed by atoms with Crippen molar-refractivity contribution in [3.8, 4) is 0 Å².